The average molecular weight is 253 g/mol. The summed E-state index contributed by atoms with van der Waals surface area (Å²) in [6.07, 6.45) is 3.67. The molecule has 1 nitrogen and oxygen atoms in total. The van der Waals surface area contributed by atoms with Crippen LogP contribution in [-0.2, 0) is 6.42 Å². The highest BCUT2D eigenvalue weighted by molar-refractivity contribution is 5.33. The Kier molecular flexibility index (Phi) is 4.33. The second-order valence-corrected chi connectivity index (χ2v) is 5.34. The molecule has 0 amide bonds. The smallest absolute Gasteiger partial charge is 0.129 e. The number of nitrogens with one attached hydrogen (secondary N) is 1. The van der Waals surface area contributed by atoms with Crippen LogP contribution in [0.2, 0.25) is 0 Å². The fraction of sp³-hybridized carbons (Fsp3) is 0.600. The zero-order valence-electron chi connectivity index (χ0n) is 11.1. The Balaban J connectivity index is 2.36. The molecular formula is C15H21F2N. The SMILES string of the molecule is CCCNC1CC(C)CCc2c(F)cc(F)cc21. The second kappa shape index (κ2) is 5.79. The van der Waals surface area contributed by atoms with Gasteiger partial charge in [0.05, 0.1) is 0 Å². The predicted octanol–water partition coefficient (Wildman–Crippen LogP) is 3.98. The summed E-state index contributed by atoms with van der Waals surface area (Å²) in [5, 5.41) is 3.42. The van der Waals surface area contributed by atoms with Gasteiger partial charge in [0.15, 0.2) is 0 Å². The van der Waals surface area contributed by atoms with Gasteiger partial charge in [-0.3, -0.25) is 0 Å². The van der Waals surface area contributed by atoms with Gasteiger partial charge < -0.3 is 5.32 Å². The first-order valence-corrected chi connectivity index (χ1v) is 6.83. The standard InChI is InChI=1S/C15H21F2N/c1-3-6-18-15-7-10(2)4-5-12-13(15)8-11(16)9-14(12)17/h8-10,15,18H,3-7H2,1-2H3. The van der Waals surface area contributed by atoms with Gasteiger partial charge in [0.2, 0.25) is 0 Å². The van der Waals surface area contributed by atoms with E-state index in [1.165, 1.54) is 6.07 Å². The quantitative estimate of drug-likeness (QED) is 0.803. The Hall–Kier alpha value is -0.960. The van der Waals surface area contributed by atoms with E-state index in [4.69, 9.17) is 0 Å². The highest BCUT2D eigenvalue weighted by Crippen LogP contribution is 2.33. The number of halogens is 2. The van der Waals surface area contributed by atoms with Crippen LogP contribution in [0.25, 0.3) is 0 Å². The van der Waals surface area contributed by atoms with Crippen LogP contribution >= 0.6 is 0 Å². The molecule has 0 bridgehead atoms. The molecule has 1 aliphatic carbocycles. The fourth-order valence-corrected chi connectivity index (χ4v) is 2.75. The van der Waals surface area contributed by atoms with Crippen molar-refractivity contribution in [3.63, 3.8) is 0 Å². The molecule has 2 rings (SSSR count). The average Bonchev–Trinajstić information content (AvgIpc) is 2.47. The van der Waals surface area contributed by atoms with Crippen LogP contribution in [0, 0.1) is 17.6 Å². The van der Waals surface area contributed by atoms with Gasteiger partial charge in [-0.2, -0.15) is 0 Å². The first-order chi connectivity index (χ1) is 8.61. The van der Waals surface area contributed by atoms with Crippen molar-refractivity contribution in [3.05, 3.63) is 34.9 Å². The Morgan fingerprint density at radius 2 is 2.11 bits per heavy atom. The van der Waals surface area contributed by atoms with Crippen LogP contribution in [0.3, 0.4) is 0 Å². The molecule has 0 fully saturated rings. The van der Waals surface area contributed by atoms with E-state index in [2.05, 4.69) is 19.2 Å². The summed E-state index contributed by atoms with van der Waals surface area (Å²) in [4.78, 5) is 0. The Bertz CT molecular complexity index is 417. The molecule has 3 heteroatoms. The lowest BCUT2D eigenvalue weighted by molar-refractivity contribution is 0.408. The molecule has 18 heavy (non-hydrogen) atoms. The lowest BCUT2D eigenvalue weighted by Gasteiger charge is -2.21. The minimum Gasteiger partial charge on any atom is -0.310 e. The van der Waals surface area contributed by atoms with E-state index in [0.717, 1.165) is 37.4 Å². The van der Waals surface area contributed by atoms with E-state index in [0.29, 0.717) is 17.9 Å². The second-order valence-electron chi connectivity index (χ2n) is 5.34. The van der Waals surface area contributed by atoms with Crippen molar-refractivity contribution < 1.29 is 8.78 Å². The van der Waals surface area contributed by atoms with Gasteiger partial charge in [0.1, 0.15) is 11.6 Å². The molecule has 0 saturated carbocycles. The van der Waals surface area contributed by atoms with E-state index in [1.54, 1.807) is 0 Å². The largest absolute Gasteiger partial charge is 0.310 e. The maximum Gasteiger partial charge on any atom is 0.129 e. The number of hydrogen-bond acceptors (Lipinski definition) is 1. The molecule has 0 heterocycles. The molecule has 0 saturated heterocycles. The lowest BCUT2D eigenvalue weighted by atomic mass is 9.96. The molecule has 0 aliphatic heterocycles. The van der Waals surface area contributed by atoms with Gasteiger partial charge in [-0.25, -0.2) is 8.78 Å². The van der Waals surface area contributed by atoms with Crippen LogP contribution in [0.15, 0.2) is 12.1 Å². The monoisotopic (exact) mass is 253 g/mol. The van der Waals surface area contributed by atoms with Crippen LogP contribution in [0.5, 0.6) is 0 Å². The minimum absolute atomic E-state index is 0.0858. The molecule has 1 aliphatic rings. The normalized spacial score (nSPS) is 23.6. The summed E-state index contributed by atoms with van der Waals surface area (Å²) >= 11 is 0. The van der Waals surface area contributed by atoms with Crippen molar-refractivity contribution in [2.45, 2.75) is 45.6 Å². The Labute approximate surface area is 108 Å². The number of hydrogen-bond donors (Lipinski definition) is 1. The third-order valence-corrected chi connectivity index (χ3v) is 3.74. The molecule has 2 unspecified atom stereocenters. The first kappa shape index (κ1) is 13.5. The van der Waals surface area contributed by atoms with Crippen LogP contribution in [-0.4, -0.2) is 6.54 Å². The maximum atomic E-state index is 13.9. The van der Waals surface area contributed by atoms with Gasteiger partial charge in [-0.05, 0) is 55.3 Å². The van der Waals surface area contributed by atoms with Crippen LogP contribution < -0.4 is 5.32 Å². The molecule has 100 valence electrons. The highest BCUT2D eigenvalue weighted by atomic mass is 19.1. The van der Waals surface area contributed by atoms with E-state index in [1.807, 2.05) is 0 Å². The Morgan fingerprint density at radius 3 is 2.83 bits per heavy atom. The van der Waals surface area contributed by atoms with E-state index in [9.17, 15) is 8.78 Å². The van der Waals surface area contributed by atoms with Gasteiger partial charge in [-0.1, -0.05) is 13.8 Å². The van der Waals surface area contributed by atoms with Gasteiger partial charge in [0.25, 0.3) is 0 Å². The zero-order chi connectivity index (χ0) is 13.1. The molecule has 2 atom stereocenters. The van der Waals surface area contributed by atoms with E-state index in [-0.39, 0.29) is 11.9 Å². The minimum atomic E-state index is -0.468. The third kappa shape index (κ3) is 2.89. The maximum absolute atomic E-state index is 13.9. The van der Waals surface area contributed by atoms with Gasteiger partial charge in [-0.15, -0.1) is 0 Å². The fourth-order valence-electron chi connectivity index (χ4n) is 2.75. The summed E-state index contributed by atoms with van der Waals surface area (Å²) in [6, 6.07) is 2.60. The summed E-state index contributed by atoms with van der Waals surface area (Å²) < 4.78 is 27.3. The van der Waals surface area contributed by atoms with Crippen molar-refractivity contribution in [1.29, 1.82) is 0 Å². The zero-order valence-corrected chi connectivity index (χ0v) is 11.1. The molecular weight excluding hydrogens is 232 g/mol. The number of fused-ring (bicyclic) bond motifs is 1. The number of rotatable bonds is 3. The molecule has 0 spiro atoms. The van der Waals surface area contributed by atoms with Crippen molar-refractivity contribution in [2.75, 3.05) is 6.54 Å². The topological polar surface area (TPSA) is 12.0 Å². The van der Waals surface area contributed by atoms with Gasteiger partial charge in [0, 0.05) is 12.1 Å². The van der Waals surface area contributed by atoms with Crippen molar-refractivity contribution in [1.82, 2.24) is 5.32 Å². The number of benzene rings is 1. The molecule has 1 aromatic rings. The summed E-state index contributed by atoms with van der Waals surface area (Å²) in [7, 11) is 0. The van der Waals surface area contributed by atoms with E-state index >= 15 is 0 Å². The summed E-state index contributed by atoms with van der Waals surface area (Å²) in [6.45, 7) is 5.16. The lowest BCUT2D eigenvalue weighted by Crippen LogP contribution is -2.24. The van der Waals surface area contributed by atoms with Gasteiger partial charge >= 0.3 is 0 Å². The summed E-state index contributed by atoms with van der Waals surface area (Å²) in [5.74, 6) is -0.319. The van der Waals surface area contributed by atoms with Crippen LogP contribution in [0.4, 0.5) is 8.78 Å². The van der Waals surface area contributed by atoms with Crippen molar-refractivity contribution in [2.24, 2.45) is 5.92 Å². The Morgan fingerprint density at radius 1 is 1.33 bits per heavy atom. The highest BCUT2D eigenvalue weighted by Gasteiger charge is 2.24. The molecule has 0 radical (unpaired) electrons. The van der Waals surface area contributed by atoms with Crippen LogP contribution in [0.1, 0.15) is 50.3 Å². The third-order valence-electron chi connectivity index (χ3n) is 3.74. The molecule has 0 aromatic heterocycles. The summed E-state index contributed by atoms with van der Waals surface area (Å²) in [5.41, 5.74) is 1.53. The van der Waals surface area contributed by atoms with Crippen molar-refractivity contribution >= 4 is 0 Å². The van der Waals surface area contributed by atoms with E-state index < -0.39 is 5.82 Å². The van der Waals surface area contributed by atoms with Crippen molar-refractivity contribution in [3.8, 4) is 0 Å². The molecule has 1 aromatic carbocycles. The first-order valence-electron chi connectivity index (χ1n) is 6.83. The predicted molar refractivity (Wildman–Crippen MR) is 69.5 cm³/mol. The molecule has 1 N–H and O–H groups in total.